The first kappa shape index (κ1) is 13.3. The molecular formula is C14H23N3O. The average molecular weight is 249 g/mol. The van der Waals surface area contributed by atoms with Gasteiger partial charge in [0, 0.05) is 25.7 Å². The van der Waals surface area contributed by atoms with E-state index in [-0.39, 0.29) is 12.6 Å². The lowest BCUT2D eigenvalue weighted by molar-refractivity contribution is 0.208. The van der Waals surface area contributed by atoms with Crippen LogP contribution in [0.25, 0.3) is 0 Å². The van der Waals surface area contributed by atoms with Crippen LogP contribution < -0.4 is 10.6 Å². The van der Waals surface area contributed by atoms with Crippen molar-refractivity contribution >= 4 is 5.69 Å². The van der Waals surface area contributed by atoms with Crippen LogP contribution in [0.15, 0.2) is 18.3 Å². The summed E-state index contributed by atoms with van der Waals surface area (Å²) in [6.07, 6.45) is 5.08. The van der Waals surface area contributed by atoms with Gasteiger partial charge in [-0.3, -0.25) is 4.98 Å². The smallest absolute Gasteiger partial charge is 0.0572 e. The molecule has 0 aliphatic carbocycles. The van der Waals surface area contributed by atoms with Gasteiger partial charge in [-0.15, -0.1) is 0 Å². The molecule has 0 bridgehead atoms. The molecule has 18 heavy (non-hydrogen) atoms. The van der Waals surface area contributed by atoms with Crippen LogP contribution in [-0.4, -0.2) is 29.8 Å². The number of aliphatic hydroxyl groups is 1. The summed E-state index contributed by atoms with van der Waals surface area (Å²) in [5.41, 5.74) is 8.05. The molecule has 1 fully saturated rings. The summed E-state index contributed by atoms with van der Waals surface area (Å²) in [4.78, 5) is 6.75. The monoisotopic (exact) mass is 249 g/mol. The van der Waals surface area contributed by atoms with Crippen molar-refractivity contribution < 1.29 is 5.11 Å². The fourth-order valence-electron chi connectivity index (χ4n) is 2.46. The van der Waals surface area contributed by atoms with Crippen molar-refractivity contribution in [3.05, 3.63) is 24.0 Å². The van der Waals surface area contributed by atoms with E-state index < -0.39 is 0 Å². The molecule has 0 aromatic carbocycles. The molecule has 2 heterocycles. The van der Waals surface area contributed by atoms with Gasteiger partial charge in [0.1, 0.15) is 0 Å². The van der Waals surface area contributed by atoms with E-state index in [1.807, 2.05) is 12.3 Å². The average Bonchev–Trinajstić information content (AvgIpc) is 2.46. The standard InChI is InChI=1S/C14H23N3O/c1-2-13(15)14-6-5-12(8-16-14)17-7-3-4-11(9-17)10-18/h5-6,8,11,13,18H,2-4,7,9-10,15H2,1H3/t11?,13-/m0/s1. The third kappa shape index (κ3) is 3.00. The van der Waals surface area contributed by atoms with E-state index in [1.54, 1.807) is 0 Å². The van der Waals surface area contributed by atoms with Gasteiger partial charge in [-0.05, 0) is 37.3 Å². The highest BCUT2D eigenvalue weighted by Crippen LogP contribution is 2.23. The zero-order valence-electron chi connectivity index (χ0n) is 11.0. The molecule has 0 saturated carbocycles. The zero-order chi connectivity index (χ0) is 13.0. The largest absolute Gasteiger partial charge is 0.396 e. The first-order chi connectivity index (χ1) is 8.74. The van der Waals surface area contributed by atoms with Gasteiger partial charge in [0.25, 0.3) is 0 Å². The van der Waals surface area contributed by atoms with Crippen molar-refractivity contribution in [3.63, 3.8) is 0 Å². The summed E-state index contributed by atoms with van der Waals surface area (Å²) >= 11 is 0. The maximum atomic E-state index is 9.25. The summed E-state index contributed by atoms with van der Waals surface area (Å²) < 4.78 is 0. The summed E-state index contributed by atoms with van der Waals surface area (Å²) in [6.45, 7) is 4.33. The lowest BCUT2D eigenvalue weighted by atomic mass is 9.98. The van der Waals surface area contributed by atoms with Crippen molar-refractivity contribution in [2.45, 2.75) is 32.2 Å². The Morgan fingerprint density at radius 3 is 3.00 bits per heavy atom. The topological polar surface area (TPSA) is 62.4 Å². The Labute approximate surface area is 109 Å². The van der Waals surface area contributed by atoms with Crippen molar-refractivity contribution in [1.29, 1.82) is 0 Å². The molecular weight excluding hydrogens is 226 g/mol. The van der Waals surface area contributed by atoms with E-state index in [1.165, 1.54) is 0 Å². The first-order valence-electron chi connectivity index (χ1n) is 6.82. The van der Waals surface area contributed by atoms with Gasteiger partial charge in [-0.1, -0.05) is 6.92 Å². The minimum absolute atomic E-state index is 0.0330. The van der Waals surface area contributed by atoms with Crippen LogP contribution in [0.3, 0.4) is 0 Å². The number of anilines is 1. The second-order valence-corrected chi connectivity index (χ2v) is 5.09. The molecule has 0 amide bonds. The van der Waals surface area contributed by atoms with Crippen molar-refractivity contribution in [3.8, 4) is 0 Å². The molecule has 0 radical (unpaired) electrons. The Bertz CT molecular complexity index is 366. The first-order valence-corrected chi connectivity index (χ1v) is 6.82. The Morgan fingerprint density at radius 1 is 1.56 bits per heavy atom. The van der Waals surface area contributed by atoms with Gasteiger partial charge < -0.3 is 15.7 Å². The van der Waals surface area contributed by atoms with Crippen LogP contribution in [0.2, 0.25) is 0 Å². The van der Waals surface area contributed by atoms with E-state index in [0.717, 1.165) is 43.7 Å². The lowest BCUT2D eigenvalue weighted by Gasteiger charge is -2.33. The number of nitrogens with zero attached hydrogens (tertiary/aromatic N) is 2. The second-order valence-electron chi connectivity index (χ2n) is 5.09. The molecule has 2 atom stereocenters. The van der Waals surface area contributed by atoms with Crippen LogP contribution in [-0.2, 0) is 0 Å². The van der Waals surface area contributed by atoms with Crippen molar-refractivity contribution in [2.24, 2.45) is 11.7 Å². The number of nitrogens with two attached hydrogens (primary N) is 1. The van der Waals surface area contributed by atoms with Crippen molar-refractivity contribution in [1.82, 2.24) is 4.98 Å². The highest BCUT2D eigenvalue weighted by Gasteiger charge is 2.19. The van der Waals surface area contributed by atoms with Gasteiger partial charge in [0.2, 0.25) is 0 Å². The molecule has 0 spiro atoms. The van der Waals surface area contributed by atoms with E-state index in [2.05, 4.69) is 22.9 Å². The van der Waals surface area contributed by atoms with Gasteiger partial charge in [0.15, 0.2) is 0 Å². The van der Waals surface area contributed by atoms with E-state index in [4.69, 9.17) is 5.73 Å². The predicted octanol–water partition coefficient (Wildman–Crippen LogP) is 1.70. The molecule has 1 unspecified atom stereocenters. The molecule has 4 heteroatoms. The van der Waals surface area contributed by atoms with Crippen LogP contribution >= 0.6 is 0 Å². The van der Waals surface area contributed by atoms with Gasteiger partial charge in [0.05, 0.1) is 17.6 Å². The highest BCUT2D eigenvalue weighted by molar-refractivity contribution is 5.45. The normalized spacial score (nSPS) is 21.9. The van der Waals surface area contributed by atoms with E-state index in [0.29, 0.717) is 5.92 Å². The predicted molar refractivity (Wildman–Crippen MR) is 73.5 cm³/mol. The molecule has 1 aliphatic rings. The molecule has 1 aromatic rings. The molecule has 2 rings (SSSR count). The van der Waals surface area contributed by atoms with Crippen LogP contribution in [0.1, 0.15) is 37.9 Å². The second kappa shape index (κ2) is 6.16. The number of rotatable bonds is 4. The number of aromatic nitrogens is 1. The third-order valence-electron chi connectivity index (χ3n) is 3.73. The number of piperidine rings is 1. The summed E-state index contributed by atoms with van der Waals surface area (Å²) in [5, 5.41) is 9.25. The summed E-state index contributed by atoms with van der Waals surface area (Å²) in [7, 11) is 0. The van der Waals surface area contributed by atoms with Gasteiger partial charge >= 0.3 is 0 Å². The minimum atomic E-state index is 0.0330. The molecule has 1 saturated heterocycles. The lowest BCUT2D eigenvalue weighted by Crippen LogP contribution is -2.36. The Kier molecular flexibility index (Phi) is 4.55. The Balaban J connectivity index is 2.04. The van der Waals surface area contributed by atoms with E-state index in [9.17, 15) is 5.11 Å². The van der Waals surface area contributed by atoms with Crippen LogP contribution in [0.4, 0.5) is 5.69 Å². The number of aliphatic hydroxyl groups excluding tert-OH is 1. The maximum absolute atomic E-state index is 9.25. The Hall–Kier alpha value is -1.13. The fourth-order valence-corrected chi connectivity index (χ4v) is 2.46. The Morgan fingerprint density at radius 2 is 2.39 bits per heavy atom. The quantitative estimate of drug-likeness (QED) is 0.852. The minimum Gasteiger partial charge on any atom is -0.396 e. The van der Waals surface area contributed by atoms with Gasteiger partial charge in [-0.25, -0.2) is 0 Å². The summed E-state index contributed by atoms with van der Waals surface area (Å²) in [6, 6.07) is 4.15. The van der Waals surface area contributed by atoms with Gasteiger partial charge in [-0.2, -0.15) is 0 Å². The zero-order valence-corrected chi connectivity index (χ0v) is 11.0. The number of hydrogen-bond donors (Lipinski definition) is 2. The molecule has 3 N–H and O–H groups in total. The third-order valence-corrected chi connectivity index (χ3v) is 3.73. The van der Waals surface area contributed by atoms with Crippen molar-refractivity contribution in [2.75, 3.05) is 24.6 Å². The molecule has 1 aromatic heterocycles. The summed E-state index contributed by atoms with van der Waals surface area (Å²) in [5.74, 6) is 0.399. The molecule has 4 nitrogen and oxygen atoms in total. The maximum Gasteiger partial charge on any atom is 0.0572 e. The SMILES string of the molecule is CC[C@H](N)c1ccc(N2CCCC(CO)C2)cn1. The molecule has 100 valence electrons. The highest BCUT2D eigenvalue weighted by atomic mass is 16.3. The number of hydrogen-bond acceptors (Lipinski definition) is 4. The van der Waals surface area contributed by atoms with Crippen LogP contribution in [0, 0.1) is 5.92 Å². The van der Waals surface area contributed by atoms with E-state index >= 15 is 0 Å². The number of pyridine rings is 1. The van der Waals surface area contributed by atoms with Crippen LogP contribution in [0.5, 0.6) is 0 Å². The molecule has 1 aliphatic heterocycles. The fraction of sp³-hybridized carbons (Fsp3) is 0.643.